The summed E-state index contributed by atoms with van der Waals surface area (Å²) in [6.45, 7) is 5.13. The molecule has 0 saturated heterocycles. The van der Waals surface area contributed by atoms with Crippen LogP contribution in [0.3, 0.4) is 0 Å². The number of aliphatic hydroxyl groups excluding tert-OH is 1. The molecule has 1 aromatic heterocycles. The Morgan fingerprint density at radius 1 is 1.21 bits per heavy atom. The predicted molar refractivity (Wildman–Crippen MR) is 115 cm³/mol. The van der Waals surface area contributed by atoms with E-state index in [9.17, 15) is 23.5 Å². The van der Waals surface area contributed by atoms with Crippen LogP contribution in [-0.4, -0.2) is 39.4 Å². The van der Waals surface area contributed by atoms with E-state index < -0.39 is 24.2 Å². The maximum atomic E-state index is 14.5. The highest BCUT2D eigenvalue weighted by Gasteiger charge is 2.51. The highest BCUT2D eigenvalue weighted by Crippen LogP contribution is 2.44. The Kier molecular flexibility index (Phi) is 5.79. The number of amides is 1. The zero-order valence-electron chi connectivity index (χ0n) is 18.3. The van der Waals surface area contributed by atoms with Crippen molar-refractivity contribution >= 4 is 28.7 Å². The molecule has 1 aliphatic rings. The highest BCUT2D eigenvalue weighted by atomic mass is 19.3. The van der Waals surface area contributed by atoms with Crippen molar-refractivity contribution in [1.29, 1.82) is 0 Å². The molecular formula is C23H23F2N3O5. The molecule has 1 amide bonds. The Hall–Kier alpha value is -3.53. The standard InChI is InChI=1S/C23H23F2N3O5/c1-13(2)11-32-22(31)28-12-26-17-8-4-6-15(19(17)28)10-27-18-9-5-7-16(14(3)29)20(18)33-23(24,25)21(27)30/h4-9,12-14,29H,10-11H2,1-3H3/t14-/m0/s1. The smallest absolute Gasteiger partial charge is 0.449 e. The van der Waals surface area contributed by atoms with E-state index in [1.807, 2.05) is 13.8 Å². The molecule has 4 rings (SSSR count). The maximum Gasteiger partial charge on any atom is 0.483 e. The summed E-state index contributed by atoms with van der Waals surface area (Å²) in [4.78, 5) is 30.3. The minimum absolute atomic E-state index is 0.0924. The molecule has 0 unspecified atom stereocenters. The quantitative estimate of drug-likeness (QED) is 0.613. The molecule has 0 saturated carbocycles. The number of aliphatic hydroxyl groups is 1. The predicted octanol–water partition coefficient (Wildman–Crippen LogP) is 4.25. The molecule has 0 fully saturated rings. The number of hydrogen-bond donors (Lipinski definition) is 1. The Bertz CT molecular complexity index is 1220. The minimum Gasteiger partial charge on any atom is -0.449 e. The van der Waals surface area contributed by atoms with Gasteiger partial charge in [0.1, 0.15) is 6.33 Å². The molecule has 1 N–H and O–H groups in total. The van der Waals surface area contributed by atoms with Gasteiger partial charge in [-0.05, 0) is 30.5 Å². The highest BCUT2D eigenvalue weighted by molar-refractivity contribution is 6.01. The molecule has 1 atom stereocenters. The third kappa shape index (κ3) is 4.13. The van der Waals surface area contributed by atoms with Crippen molar-refractivity contribution < 1.29 is 33.0 Å². The molecule has 10 heteroatoms. The topological polar surface area (TPSA) is 93.9 Å². The number of anilines is 1. The van der Waals surface area contributed by atoms with E-state index in [4.69, 9.17) is 9.47 Å². The van der Waals surface area contributed by atoms with E-state index >= 15 is 0 Å². The van der Waals surface area contributed by atoms with Gasteiger partial charge in [0.15, 0.2) is 5.75 Å². The van der Waals surface area contributed by atoms with Crippen LogP contribution in [0.25, 0.3) is 11.0 Å². The van der Waals surface area contributed by atoms with Gasteiger partial charge < -0.3 is 14.6 Å². The van der Waals surface area contributed by atoms with Crippen LogP contribution in [-0.2, 0) is 16.1 Å². The zero-order chi connectivity index (χ0) is 23.9. The zero-order valence-corrected chi connectivity index (χ0v) is 18.3. The SMILES string of the molecule is CC(C)COC(=O)n1cnc2cccc(CN3C(=O)C(F)(F)Oc4c([C@H](C)O)cccc43)c21. The van der Waals surface area contributed by atoms with Crippen LogP contribution in [0.4, 0.5) is 19.3 Å². The molecule has 3 aromatic rings. The first-order valence-corrected chi connectivity index (χ1v) is 10.4. The molecule has 0 radical (unpaired) electrons. The van der Waals surface area contributed by atoms with Crippen molar-refractivity contribution in [1.82, 2.24) is 9.55 Å². The fraction of sp³-hybridized carbons (Fsp3) is 0.348. The Morgan fingerprint density at radius 2 is 1.94 bits per heavy atom. The molecule has 8 nitrogen and oxygen atoms in total. The molecule has 2 aromatic carbocycles. The van der Waals surface area contributed by atoms with Crippen molar-refractivity contribution in [2.24, 2.45) is 5.92 Å². The van der Waals surface area contributed by atoms with Crippen LogP contribution in [0.15, 0.2) is 42.7 Å². The van der Waals surface area contributed by atoms with E-state index in [0.29, 0.717) is 16.6 Å². The van der Waals surface area contributed by atoms with Gasteiger partial charge in [0.2, 0.25) is 0 Å². The average Bonchev–Trinajstić information content (AvgIpc) is 3.19. The first-order valence-electron chi connectivity index (χ1n) is 10.4. The number of carbonyl (C=O) groups excluding carboxylic acids is 2. The summed E-state index contributed by atoms with van der Waals surface area (Å²) in [5, 5.41) is 10.0. The number of ether oxygens (including phenoxy) is 2. The van der Waals surface area contributed by atoms with Crippen LogP contribution in [0, 0.1) is 5.92 Å². The van der Waals surface area contributed by atoms with Crippen LogP contribution in [0.1, 0.15) is 38.0 Å². The summed E-state index contributed by atoms with van der Waals surface area (Å²) in [6, 6.07) is 9.40. The first kappa shape index (κ1) is 22.7. The monoisotopic (exact) mass is 459 g/mol. The summed E-state index contributed by atoms with van der Waals surface area (Å²) in [5.41, 5.74) is 1.42. The molecule has 174 valence electrons. The molecule has 0 bridgehead atoms. The van der Waals surface area contributed by atoms with Crippen molar-refractivity contribution in [3.63, 3.8) is 0 Å². The number of imidazole rings is 1. The Morgan fingerprint density at radius 3 is 2.64 bits per heavy atom. The normalized spacial score (nSPS) is 16.0. The minimum atomic E-state index is -4.12. The number of carbonyl (C=O) groups is 2. The third-order valence-electron chi connectivity index (χ3n) is 5.21. The number of halogens is 2. The maximum absolute atomic E-state index is 14.5. The van der Waals surface area contributed by atoms with Gasteiger partial charge in [-0.3, -0.25) is 9.69 Å². The second kappa shape index (κ2) is 8.43. The second-order valence-electron chi connectivity index (χ2n) is 8.25. The van der Waals surface area contributed by atoms with E-state index in [-0.39, 0.29) is 36.1 Å². The summed E-state index contributed by atoms with van der Waals surface area (Å²) < 4.78 is 40.2. The second-order valence-corrected chi connectivity index (χ2v) is 8.25. The van der Waals surface area contributed by atoms with E-state index in [0.717, 1.165) is 4.90 Å². The first-order chi connectivity index (χ1) is 15.6. The van der Waals surface area contributed by atoms with E-state index in [2.05, 4.69) is 4.98 Å². The fourth-order valence-electron chi connectivity index (χ4n) is 3.67. The lowest BCUT2D eigenvalue weighted by Crippen LogP contribution is -2.50. The Labute approximate surface area is 188 Å². The number of benzene rings is 2. The number of alkyl halides is 2. The lowest BCUT2D eigenvalue weighted by Gasteiger charge is -2.35. The fourth-order valence-corrected chi connectivity index (χ4v) is 3.67. The van der Waals surface area contributed by atoms with Crippen LogP contribution in [0.2, 0.25) is 0 Å². The number of para-hydroxylation sites is 2. The van der Waals surface area contributed by atoms with Crippen molar-refractivity contribution in [2.45, 2.75) is 39.5 Å². The van der Waals surface area contributed by atoms with Gasteiger partial charge in [-0.25, -0.2) is 14.3 Å². The van der Waals surface area contributed by atoms with Crippen LogP contribution in [0.5, 0.6) is 5.75 Å². The Balaban J connectivity index is 1.79. The van der Waals surface area contributed by atoms with Gasteiger partial charge in [0.25, 0.3) is 0 Å². The number of aromatic nitrogens is 2. The van der Waals surface area contributed by atoms with E-state index in [1.165, 1.54) is 30.0 Å². The van der Waals surface area contributed by atoms with Gasteiger partial charge in [0, 0.05) is 5.56 Å². The van der Waals surface area contributed by atoms with Crippen molar-refractivity contribution in [2.75, 3.05) is 11.5 Å². The van der Waals surface area contributed by atoms with Gasteiger partial charge in [-0.2, -0.15) is 8.78 Å². The van der Waals surface area contributed by atoms with Gasteiger partial charge in [0.05, 0.1) is 36.0 Å². The number of hydrogen-bond acceptors (Lipinski definition) is 6. The third-order valence-corrected chi connectivity index (χ3v) is 5.21. The summed E-state index contributed by atoms with van der Waals surface area (Å²) in [5.74, 6) is -1.70. The van der Waals surface area contributed by atoms with Crippen molar-refractivity contribution in [3.8, 4) is 5.75 Å². The van der Waals surface area contributed by atoms with Crippen molar-refractivity contribution in [3.05, 3.63) is 53.9 Å². The lowest BCUT2D eigenvalue weighted by molar-refractivity contribution is -0.193. The number of nitrogens with zero attached hydrogens (tertiary/aromatic N) is 3. The largest absolute Gasteiger partial charge is 0.483 e. The lowest BCUT2D eigenvalue weighted by atomic mass is 10.0. The summed E-state index contributed by atoms with van der Waals surface area (Å²) >= 11 is 0. The molecule has 0 spiro atoms. The molecule has 33 heavy (non-hydrogen) atoms. The average molecular weight is 459 g/mol. The molecule has 1 aliphatic heterocycles. The van der Waals surface area contributed by atoms with Crippen LogP contribution >= 0.6 is 0 Å². The molecule has 0 aliphatic carbocycles. The van der Waals surface area contributed by atoms with E-state index in [1.54, 1.807) is 24.3 Å². The molecule has 2 heterocycles. The van der Waals surface area contributed by atoms with Gasteiger partial charge in [-0.15, -0.1) is 0 Å². The van der Waals surface area contributed by atoms with Crippen LogP contribution < -0.4 is 9.64 Å². The summed E-state index contributed by atoms with van der Waals surface area (Å²) in [6.07, 6.45) is -4.57. The summed E-state index contributed by atoms with van der Waals surface area (Å²) in [7, 11) is 0. The number of rotatable bonds is 5. The van der Waals surface area contributed by atoms with Gasteiger partial charge >= 0.3 is 18.1 Å². The molecular weight excluding hydrogens is 436 g/mol. The number of fused-ring (bicyclic) bond motifs is 2. The van der Waals surface area contributed by atoms with Gasteiger partial charge in [-0.1, -0.05) is 38.1 Å².